The molecule has 15 heavy (non-hydrogen) atoms. The van der Waals surface area contributed by atoms with E-state index in [1.54, 1.807) is 0 Å². The van der Waals surface area contributed by atoms with Crippen LogP contribution in [0.3, 0.4) is 0 Å². The Bertz CT molecular complexity index is 350. The summed E-state index contributed by atoms with van der Waals surface area (Å²) in [5.74, 6) is 0.938. The van der Waals surface area contributed by atoms with Crippen LogP contribution >= 0.6 is 15.9 Å². The van der Waals surface area contributed by atoms with Crippen molar-refractivity contribution in [1.29, 1.82) is 0 Å². The van der Waals surface area contributed by atoms with Crippen molar-refractivity contribution in [2.45, 2.75) is 34.6 Å². The van der Waals surface area contributed by atoms with Gasteiger partial charge in [-0.05, 0) is 58.5 Å². The highest BCUT2D eigenvalue weighted by molar-refractivity contribution is 9.10. The number of rotatable bonds is 2. The zero-order valence-electron chi connectivity index (χ0n) is 10.1. The van der Waals surface area contributed by atoms with Gasteiger partial charge in [0.15, 0.2) is 0 Å². The minimum Gasteiger partial charge on any atom is -0.492 e. The molecule has 0 amide bonds. The molecule has 1 rings (SSSR count). The first-order chi connectivity index (χ1) is 6.79. The van der Waals surface area contributed by atoms with Crippen molar-refractivity contribution in [1.82, 2.24) is 0 Å². The lowest BCUT2D eigenvalue weighted by atomic mass is 9.99. The van der Waals surface area contributed by atoms with E-state index < -0.39 is 0 Å². The summed E-state index contributed by atoms with van der Waals surface area (Å²) < 4.78 is 6.83. The summed E-state index contributed by atoms with van der Waals surface area (Å²) in [4.78, 5) is 0. The van der Waals surface area contributed by atoms with E-state index in [-0.39, 0.29) is 5.41 Å². The number of hydrogen-bond donors (Lipinski definition) is 0. The molecular weight excluding hydrogens is 252 g/mol. The second-order valence-electron chi connectivity index (χ2n) is 5.22. The number of halogens is 1. The average Bonchev–Trinajstić information content (AvgIpc) is 2.07. The molecule has 0 spiro atoms. The third kappa shape index (κ3) is 3.86. The van der Waals surface area contributed by atoms with Gasteiger partial charge in [0.05, 0.1) is 11.1 Å². The lowest BCUT2D eigenvalue weighted by Gasteiger charge is -2.20. The van der Waals surface area contributed by atoms with Crippen molar-refractivity contribution in [2.24, 2.45) is 5.41 Å². The molecular formula is C13H19BrO. The van der Waals surface area contributed by atoms with Crippen molar-refractivity contribution in [3.63, 3.8) is 0 Å². The first kappa shape index (κ1) is 12.6. The van der Waals surface area contributed by atoms with E-state index in [2.05, 4.69) is 62.7 Å². The Balaban J connectivity index is 2.82. The second-order valence-corrected chi connectivity index (χ2v) is 6.07. The summed E-state index contributed by atoms with van der Waals surface area (Å²) in [6, 6.07) is 4.19. The molecule has 0 aliphatic carbocycles. The normalized spacial score (nSPS) is 11.6. The molecule has 1 nitrogen and oxygen atoms in total. The summed E-state index contributed by atoms with van der Waals surface area (Å²) in [6.07, 6.45) is 0. The van der Waals surface area contributed by atoms with E-state index in [4.69, 9.17) is 4.74 Å². The number of aryl methyl sites for hydroxylation is 2. The molecule has 84 valence electrons. The molecule has 0 heterocycles. The molecule has 0 aliphatic rings. The van der Waals surface area contributed by atoms with Crippen LogP contribution in [0.1, 0.15) is 31.9 Å². The van der Waals surface area contributed by atoms with E-state index >= 15 is 0 Å². The number of ether oxygens (including phenoxy) is 1. The van der Waals surface area contributed by atoms with Gasteiger partial charge in [-0.3, -0.25) is 0 Å². The van der Waals surface area contributed by atoms with E-state index in [1.807, 2.05) is 0 Å². The van der Waals surface area contributed by atoms with Gasteiger partial charge in [-0.25, -0.2) is 0 Å². The van der Waals surface area contributed by atoms with Crippen LogP contribution in [-0.4, -0.2) is 6.61 Å². The smallest absolute Gasteiger partial charge is 0.133 e. The zero-order valence-corrected chi connectivity index (χ0v) is 11.7. The van der Waals surface area contributed by atoms with Gasteiger partial charge in [-0.15, -0.1) is 0 Å². The van der Waals surface area contributed by atoms with Crippen LogP contribution in [0.25, 0.3) is 0 Å². The molecule has 1 aromatic carbocycles. The maximum absolute atomic E-state index is 5.79. The van der Waals surface area contributed by atoms with Gasteiger partial charge in [0.25, 0.3) is 0 Å². The van der Waals surface area contributed by atoms with Gasteiger partial charge in [-0.2, -0.15) is 0 Å². The monoisotopic (exact) mass is 270 g/mol. The highest BCUT2D eigenvalue weighted by atomic mass is 79.9. The van der Waals surface area contributed by atoms with Crippen LogP contribution in [0.15, 0.2) is 16.6 Å². The third-order valence-corrected chi connectivity index (χ3v) is 2.83. The summed E-state index contributed by atoms with van der Waals surface area (Å²) in [5.41, 5.74) is 2.74. The average molecular weight is 271 g/mol. The predicted octanol–water partition coefficient (Wildman–Crippen LogP) is 4.49. The molecule has 0 radical (unpaired) electrons. The Morgan fingerprint density at radius 3 is 2.20 bits per heavy atom. The highest BCUT2D eigenvalue weighted by Crippen LogP contribution is 2.29. The third-order valence-electron chi connectivity index (χ3n) is 2.21. The lowest BCUT2D eigenvalue weighted by Crippen LogP contribution is -2.17. The van der Waals surface area contributed by atoms with Gasteiger partial charge in [0.2, 0.25) is 0 Å². The molecule has 0 aliphatic heterocycles. The minimum atomic E-state index is 0.193. The fraction of sp³-hybridized carbons (Fsp3) is 0.538. The van der Waals surface area contributed by atoms with Crippen molar-refractivity contribution >= 4 is 15.9 Å². The van der Waals surface area contributed by atoms with Crippen LogP contribution in [0.2, 0.25) is 0 Å². The molecule has 0 bridgehead atoms. The Labute approximate surface area is 101 Å². The van der Waals surface area contributed by atoms with Gasteiger partial charge >= 0.3 is 0 Å². The molecule has 0 saturated heterocycles. The van der Waals surface area contributed by atoms with Crippen LogP contribution in [-0.2, 0) is 0 Å². The topological polar surface area (TPSA) is 9.23 Å². The maximum atomic E-state index is 5.79. The standard InChI is InChI=1S/C13H19BrO/c1-9-6-11(14)12(7-10(9)2)15-8-13(3,4)5/h6-7H,8H2,1-5H3. The van der Waals surface area contributed by atoms with E-state index in [1.165, 1.54) is 11.1 Å². The van der Waals surface area contributed by atoms with Gasteiger partial charge < -0.3 is 4.74 Å². The molecule has 0 fully saturated rings. The minimum absolute atomic E-state index is 0.193. The summed E-state index contributed by atoms with van der Waals surface area (Å²) in [6.45, 7) is 11.4. The Kier molecular flexibility index (Phi) is 3.82. The molecule has 1 aromatic rings. The molecule has 0 unspecified atom stereocenters. The Morgan fingerprint density at radius 2 is 1.67 bits per heavy atom. The molecule has 0 aromatic heterocycles. The lowest BCUT2D eigenvalue weighted by molar-refractivity contribution is 0.197. The van der Waals surface area contributed by atoms with Crippen LogP contribution in [0.4, 0.5) is 0 Å². The molecule has 2 heteroatoms. The summed E-state index contributed by atoms with van der Waals surface area (Å²) in [5, 5.41) is 0. The van der Waals surface area contributed by atoms with E-state index in [0.29, 0.717) is 0 Å². The SMILES string of the molecule is Cc1cc(Br)c(OCC(C)(C)C)cc1C. The van der Waals surface area contributed by atoms with E-state index in [9.17, 15) is 0 Å². The maximum Gasteiger partial charge on any atom is 0.133 e. The fourth-order valence-electron chi connectivity index (χ4n) is 1.16. The number of benzene rings is 1. The van der Waals surface area contributed by atoms with Crippen LogP contribution < -0.4 is 4.74 Å². The van der Waals surface area contributed by atoms with Crippen molar-refractivity contribution in [2.75, 3.05) is 6.61 Å². The summed E-state index contributed by atoms with van der Waals surface area (Å²) >= 11 is 3.52. The summed E-state index contributed by atoms with van der Waals surface area (Å²) in [7, 11) is 0. The van der Waals surface area contributed by atoms with Crippen LogP contribution in [0.5, 0.6) is 5.75 Å². The molecule has 0 N–H and O–H groups in total. The first-order valence-electron chi connectivity index (χ1n) is 5.19. The van der Waals surface area contributed by atoms with Crippen molar-refractivity contribution < 1.29 is 4.74 Å². The van der Waals surface area contributed by atoms with Gasteiger partial charge in [0, 0.05) is 0 Å². The largest absolute Gasteiger partial charge is 0.492 e. The van der Waals surface area contributed by atoms with Gasteiger partial charge in [-0.1, -0.05) is 20.8 Å². The Morgan fingerprint density at radius 1 is 1.13 bits per heavy atom. The quantitative estimate of drug-likeness (QED) is 0.770. The second kappa shape index (κ2) is 4.56. The number of hydrogen-bond acceptors (Lipinski definition) is 1. The van der Waals surface area contributed by atoms with Crippen molar-refractivity contribution in [3.05, 3.63) is 27.7 Å². The Hall–Kier alpha value is -0.500. The highest BCUT2D eigenvalue weighted by Gasteiger charge is 2.12. The molecule has 0 saturated carbocycles. The first-order valence-corrected chi connectivity index (χ1v) is 5.98. The fourth-order valence-corrected chi connectivity index (χ4v) is 1.73. The van der Waals surface area contributed by atoms with E-state index in [0.717, 1.165) is 16.8 Å². The van der Waals surface area contributed by atoms with Gasteiger partial charge in [0.1, 0.15) is 5.75 Å². The molecule has 0 atom stereocenters. The zero-order chi connectivity index (χ0) is 11.6. The van der Waals surface area contributed by atoms with Crippen LogP contribution in [0, 0.1) is 19.3 Å². The predicted molar refractivity (Wildman–Crippen MR) is 68.6 cm³/mol. The van der Waals surface area contributed by atoms with Crippen molar-refractivity contribution in [3.8, 4) is 5.75 Å².